The van der Waals surface area contributed by atoms with Gasteiger partial charge in [-0.1, -0.05) is 12.1 Å². The second-order valence-electron chi connectivity index (χ2n) is 5.95. The molecule has 1 aromatic heterocycles. The highest BCUT2D eigenvalue weighted by Crippen LogP contribution is 2.28. The minimum Gasteiger partial charge on any atom is -0.271 e. The number of nitrogens with zero attached hydrogens (tertiary/aromatic N) is 2. The largest absolute Gasteiger partial charge is 0.301 e. The standard InChI is InChI=1S/C16H21N3O2S2/c1-19(2)23(20,21)18-13-9-7-12(8-10-13)11-16-17-14-5-3-4-6-15(14)22-16/h7-10,18H,3-6,11H2,1-2H3. The number of benzene rings is 1. The van der Waals surface area contributed by atoms with E-state index in [2.05, 4.69) is 4.72 Å². The third-order valence-corrected chi connectivity index (χ3v) is 6.54. The third kappa shape index (κ3) is 3.91. The molecule has 0 bridgehead atoms. The lowest BCUT2D eigenvalue weighted by Gasteiger charge is -2.13. The summed E-state index contributed by atoms with van der Waals surface area (Å²) < 4.78 is 27.3. The predicted molar refractivity (Wildman–Crippen MR) is 94.2 cm³/mol. The molecule has 3 rings (SSSR count). The second-order valence-corrected chi connectivity index (χ2v) is 9.00. The average molecular weight is 351 g/mol. The average Bonchev–Trinajstić information content (AvgIpc) is 2.91. The van der Waals surface area contributed by atoms with Crippen LogP contribution in [0.5, 0.6) is 0 Å². The predicted octanol–water partition coefficient (Wildman–Crippen LogP) is 2.83. The first kappa shape index (κ1) is 16.4. The molecule has 0 aliphatic heterocycles. The Morgan fingerprint density at radius 1 is 1.17 bits per heavy atom. The highest BCUT2D eigenvalue weighted by molar-refractivity contribution is 7.90. The van der Waals surface area contributed by atoms with Crippen molar-refractivity contribution in [3.8, 4) is 0 Å². The summed E-state index contributed by atoms with van der Waals surface area (Å²) in [7, 11) is -0.450. The van der Waals surface area contributed by atoms with Gasteiger partial charge in [0.05, 0.1) is 10.7 Å². The Morgan fingerprint density at radius 3 is 2.52 bits per heavy atom. The minimum absolute atomic E-state index is 0.570. The first-order chi connectivity index (χ1) is 10.9. The Hall–Kier alpha value is -1.44. The number of aromatic nitrogens is 1. The van der Waals surface area contributed by atoms with Crippen LogP contribution < -0.4 is 4.72 Å². The van der Waals surface area contributed by atoms with Crippen molar-refractivity contribution in [2.75, 3.05) is 18.8 Å². The Kier molecular flexibility index (Phi) is 4.70. The highest BCUT2D eigenvalue weighted by atomic mass is 32.2. The second kappa shape index (κ2) is 6.59. The van der Waals surface area contributed by atoms with Gasteiger partial charge in [0, 0.05) is 31.1 Å². The van der Waals surface area contributed by atoms with E-state index < -0.39 is 10.2 Å². The number of aryl methyl sites for hydroxylation is 2. The quantitative estimate of drug-likeness (QED) is 0.901. The van der Waals surface area contributed by atoms with Crippen LogP contribution in [0.15, 0.2) is 24.3 Å². The fraction of sp³-hybridized carbons (Fsp3) is 0.438. The summed E-state index contributed by atoms with van der Waals surface area (Å²) in [5, 5.41) is 1.15. The fourth-order valence-corrected chi connectivity index (χ4v) is 4.39. The molecule has 0 unspecified atom stereocenters. The molecule has 23 heavy (non-hydrogen) atoms. The molecule has 7 heteroatoms. The van der Waals surface area contributed by atoms with Crippen LogP contribution in [0.3, 0.4) is 0 Å². The van der Waals surface area contributed by atoms with Gasteiger partial charge < -0.3 is 0 Å². The number of hydrogen-bond donors (Lipinski definition) is 1. The molecular formula is C16H21N3O2S2. The van der Waals surface area contributed by atoms with Gasteiger partial charge in [0.2, 0.25) is 0 Å². The van der Waals surface area contributed by atoms with Crippen LogP contribution in [-0.2, 0) is 29.5 Å². The Labute approximate surface area is 141 Å². The maximum absolute atomic E-state index is 11.8. The first-order valence-electron chi connectivity index (χ1n) is 7.71. The van der Waals surface area contributed by atoms with Crippen LogP contribution in [0.4, 0.5) is 5.69 Å². The number of anilines is 1. The zero-order valence-corrected chi connectivity index (χ0v) is 15.0. The Bertz CT molecular complexity index is 757. The van der Waals surface area contributed by atoms with Crippen LogP contribution in [0.2, 0.25) is 0 Å². The Morgan fingerprint density at radius 2 is 1.87 bits per heavy atom. The number of nitrogens with one attached hydrogen (secondary N) is 1. The molecule has 0 fully saturated rings. The SMILES string of the molecule is CN(C)S(=O)(=O)Nc1ccc(Cc2nc3c(s2)CCCC3)cc1. The molecule has 1 aliphatic rings. The molecule has 0 radical (unpaired) electrons. The van der Waals surface area contributed by atoms with Gasteiger partial charge in [-0.05, 0) is 43.4 Å². The van der Waals surface area contributed by atoms with Gasteiger partial charge in [-0.15, -0.1) is 11.3 Å². The van der Waals surface area contributed by atoms with E-state index in [0.29, 0.717) is 5.69 Å². The van der Waals surface area contributed by atoms with Gasteiger partial charge in [0.15, 0.2) is 0 Å². The van der Waals surface area contributed by atoms with E-state index in [4.69, 9.17) is 4.98 Å². The number of thiazole rings is 1. The third-order valence-electron chi connectivity index (χ3n) is 3.93. The van der Waals surface area contributed by atoms with E-state index in [0.717, 1.165) is 34.1 Å². The zero-order chi connectivity index (χ0) is 16.4. The molecule has 1 aromatic carbocycles. The molecule has 1 aliphatic carbocycles. The summed E-state index contributed by atoms with van der Waals surface area (Å²) in [5.41, 5.74) is 3.00. The lowest BCUT2D eigenvalue weighted by atomic mass is 10.0. The zero-order valence-electron chi connectivity index (χ0n) is 13.4. The topological polar surface area (TPSA) is 62.3 Å². The van der Waals surface area contributed by atoms with E-state index in [9.17, 15) is 8.42 Å². The van der Waals surface area contributed by atoms with Crippen molar-refractivity contribution in [2.24, 2.45) is 0 Å². The smallest absolute Gasteiger partial charge is 0.271 e. The first-order valence-corrected chi connectivity index (χ1v) is 9.96. The van der Waals surface area contributed by atoms with E-state index in [1.165, 1.54) is 37.5 Å². The van der Waals surface area contributed by atoms with Crippen molar-refractivity contribution in [1.82, 2.24) is 9.29 Å². The maximum atomic E-state index is 11.8. The van der Waals surface area contributed by atoms with Crippen molar-refractivity contribution in [1.29, 1.82) is 0 Å². The fourth-order valence-electron chi connectivity index (χ4n) is 2.59. The maximum Gasteiger partial charge on any atom is 0.301 e. The van der Waals surface area contributed by atoms with Crippen molar-refractivity contribution in [3.63, 3.8) is 0 Å². The van der Waals surface area contributed by atoms with E-state index in [1.807, 2.05) is 23.5 Å². The monoisotopic (exact) mass is 351 g/mol. The molecule has 0 saturated carbocycles. The summed E-state index contributed by atoms with van der Waals surface area (Å²) in [6.07, 6.45) is 5.60. The van der Waals surface area contributed by atoms with Gasteiger partial charge >= 0.3 is 10.2 Å². The highest BCUT2D eigenvalue weighted by Gasteiger charge is 2.15. The summed E-state index contributed by atoms with van der Waals surface area (Å²) >= 11 is 1.82. The van der Waals surface area contributed by atoms with Crippen molar-refractivity contribution in [2.45, 2.75) is 32.1 Å². The van der Waals surface area contributed by atoms with E-state index in [-0.39, 0.29) is 0 Å². The lowest BCUT2D eigenvalue weighted by molar-refractivity contribution is 0.527. The molecule has 2 aromatic rings. The van der Waals surface area contributed by atoms with Gasteiger partial charge in [-0.25, -0.2) is 4.98 Å². The molecule has 1 N–H and O–H groups in total. The normalized spacial score (nSPS) is 14.7. The van der Waals surface area contributed by atoms with E-state index >= 15 is 0 Å². The molecule has 0 atom stereocenters. The summed E-state index contributed by atoms with van der Waals surface area (Å²) in [6, 6.07) is 7.50. The molecule has 5 nitrogen and oxygen atoms in total. The van der Waals surface area contributed by atoms with Gasteiger partial charge in [0.25, 0.3) is 0 Å². The minimum atomic E-state index is -3.45. The molecular weight excluding hydrogens is 330 g/mol. The number of fused-ring (bicyclic) bond motifs is 1. The van der Waals surface area contributed by atoms with Gasteiger partial charge in [-0.3, -0.25) is 4.72 Å². The molecule has 0 spiro atoms. The van der Waals surface area contributed by atoms with Crippen molar-refractivity contribution < 1.29 is 8.42 Å². The van der Waals surface area contributed by atoms with Crippen LogP contribution in [0.1, 0.15) is 34.0 Å². The summed E-state index contributed by atoms with van der Waals surface area (Å²) in [6.45, 7) is 0. The van der Waals surface area contributed by atoms with Crippen LogP contribution in [0.25, 0.3) is 0 Å². The van der Waals surface area contributed by atoms with Gasteiger partial charge in [0.1, 0.15) is 0 Å². The summed E-state index contributed by atoms with van der Waals surface area (Å²) in [4.78, 5) is 6.20. The molecule has 124 valence electrons. The lowest BCUT2D eigenvalue weighted by Crippen LogP contribution is -2.28. The van der Waals surface area contributed by atoms with Crippen LogP contribution in [-0.4, -0.2) is 31.8 Å². The van der Waals surface area contributed by atoms with Crippen molar-refractivity contribution in [3.05, 3.63) is 45.4 Å². The van der Waals surface area contributed by atoms with E-state index in [1.54, 1.807) is 12.1 Å². The van der Waals surface area contributed by atoms with Crippen molar-refractivity contribution >= 4 is 27.2 Å². The van der Waals surface area contributed by atoms with Crippen LogP contribution in [0, 0.1) is 0 Å². The van der Waals surface area contributed by atoms with Gasteiger partial charge in [-0.2, -0.15) is 12.7 Å². The Balaban J connectivity index is 1.69. The molecule has 1 heterocycles. The molecule has 0 amide bonds. The number of rotatable bonds is 5. The summed E-state index contributed by atoms with van der Waals surface area (Å²) in [5.74, 6) is 0. The van der Waals surface area contributed by atoms with Crippen LogP contribution >= 0.6 is 11.3 Å². The molecule has 0 saturated heterocycles. The number of hydrogen-bond acceptors (Lipinski definition) is 4.